The lowest BCUT2D eigenvalue weighted by Gasteiger charge is -2.25. The molecule has 0 spiro atoms. The topological polar surface area (TPSA) is 72.3 Å². The number of thiophene rings is 1. The lowest BCUT2D eigenvalue weighted by molar-refractivity contribution is 0.0701. The molecule has 0 saturated heterocycles. The number of hydrogen-bond donors (Lipinski definition) is 1. The second-order valence-electron chi connectivity index (χ2n) is 6.55. The van der Waals surface area contributed by atoms with E-state index >= 15 is 0 Å². The second kappa shape index (κ2) is 6.43. The molecule has 2 aromatic rings. The maximum Gasteiger partial charge on any atom is 0.346 e. The van der Waals surface area contributed by atoms with Gasteiger partial charge in [-0.25, -0.2) is 9.78 Å². The van der Waals surface area contributed by atoms with Gasteiger partial charge in [0.1, 0.15) is 15.5 Å². The lowest BCUT2D eigenvalue weighted by atomic mass is 9.83. The van der Waals surface area contributed by atoms with Gasteiger partial charge in [-0.05, 0) is 44.1 Å². The molecular formula is C17H22N2O3S. The van der Waals surface area contributed by atoms with E-state index in [2.05, 4.69) is 16.9 Å². The fourth-order valence-electron chi connectivity index (χ4n) is 3.20. The highest BCUT2D eigenvalue weighted by Crippen LogP contribution is 2.36. The van der Waals surface area contributed by atoms with Crippen molar-refractivity contribution in [1.82, 2.24) is 9.97 Å². The molecular weight excluding hydrogens is 312 g/mol. The third kappa shape index (κ3) is 3.32. The van der Waals surface area contributed by atoms with Crippen LogP contribution in [-0.2, 0) is 0 Å². The summed E-state index contributed by atoms with van der Waals surface area (Å²) in [7, 11) is 0. The average Bonchev–Trinajstić information content (AvgIpc) is 2.83. The molecule has 0 aliphatic heterocycles. The van der Waals surface area contributed by atoms with Gasteiger partial charge in [0.25, 0.3) is 0 Å². The van der Waals surface area contributed by atoms with Crippen LogP contribution in [-0.4, -0.2) is 27.7 Å². The van der Waals surface area contributed by atoms with Crippen LogP contribution >= 0.6 is 11.3 Å². The van der Waals surface area contributed by atoms with Crippen molar-refractivity contribution in [3.05, 3.63) is 16.3 Å². The zero-order chi connectivity index (χ0) is 16.6. The summed E-state index contributed by atoms with van der Waals surface area (Å²) in [5.41, 5.74) is 0.699. The number of ether oxygens (including phenoxy) is 1. The zero-order valence-corrected chi connectivity index (χ0v) is 14.6. The summed E-state index contributed by atoms with van der Waals surface area (Å²) in [6, 6.07) is 0. The number of nitrogens with zero attached hydrogens (tertiary/aromatic N) is 2. The van der Waals surface area contributed by atoms with Crippen molar-refractivity contribution in [3.8, 4) is 5.88 Å². The Bertz CT molecular complexity index is 733. The summed E-state index contributed by atoms with van der Waals surface area (Å²) in [5, 5.41) is 10.1. The van der Waals surface area contributed by atoms with Crippen LogP contribution in [0.2, 0.25) is 0 Å². The first-order chi connectivity index (χ1) is 11.0. The number of carbonyl (C=O) groups is 1. The van der Waals surface area contributed by atoms with E-state index in [1.54, 1.807) is 6.92 Å². The molecule has 0 amide bonds. The molecule has 124 valence electrons. The molecule has 2 aromatic heterocycles. The second-order valence-corrected chi connectivity index (χ2v) is 7.55. The average molecular weight is 334 g/mol. The van der Waals surface area contributed by atoms with Gasteiger partial charge in [-0.3, -0.25) is 0 Å². The maximum absolute atomic E-state index is 11.3. The van der Waals surface area contributed by atoms with Gasteiger partial charge in [0, 0.05) is 0 Å². The maximum atomic E-state index is 11.3. The predicted molar refractivity (Wildman–Crippen MR) is 90.5 cm³/mol. The molecule has 1 aliphatic carbocycles. The number of carboxylic acids is 1. The molecule has 0 bridgehead atoms. The van der Waals surface area contributed by atoms with Crippen LogP contribution in [0, 0.1) is 25.7 Å². The highest BCUT2D eigenvalue weighted by atomic mass is 32.1. The Morgan fingerprint density at radius 1 is 1.26 bits per heavy atom. The molecule has 23 heavy (non-hydrogen) atoms. The molecule has 0 aromatic carbocycles. The van der Waals surface area contributed by atoms with Crippen LogP contribution in [0.5, 0.6) is 5.88 Å². The fraction of sp³-hybridized carbons (Fsp3) is 0.588. The van der Waals surface area contributed by atoms with E-state index in [0.29, 0.717) is 39.5 Å². The highest BCUT2D eigenvalue weighted by molar-refractivity contribution is 7.20. The van der Waals surface area contributed by atoms with Crippen molar-refractivity contribution in [3.63, 3.8) is 0 Å². The van der Waals surface area contributed by atoms with Crippen LogP contribution in [0.15, 0.2) is 0 Å². The van der Waals surface area contributed by atoms with Crippen LogP contribution < -0.4 is 4.74 Å². The Morgan fingerprint density at radius 2 is 1.96 bits per heavy atom. The minimum atomic E-state index is -0.921. The Labute approximate surface area is 139 Å². The van der Waals surface area contributed by atoms with Crippen molar-refractivity contribution in [1.29, 1.82) is 0 Å². The van der Waals surface area contributed by atoms with E-state index < -0.39 is 5.97 Å². The van der Waals surface area contributed by atoms with Crippen LogP contribution in [0.25, 0.3) is 10.2 Å². The lowest BCUT2D eigenvalue weighted by Crippen LogP contribution is -2.19. The van der Waals surface area contributed by atoms with Gasteiger partial charge in [-0.2, -0.15) is 4.98 Å². The monoisotopic (exact) mass is 334 g/mol. The quantitative estimate of drug-likeness (QED) is 0.906. The number of aryl methyl sites for hydroxylation is 2. The fourth-order valence-corrected chi connectivity index (χ4v) is 4.26. The third-order valence-corrected chi connectivity index (χ3v) is 5.83. The number of aromatic nitrogens is 2. The van der Waals surface area contributed by atoms with Gasteiger partial charge >= 0.3 is 5.97 Å². The highest BCUT2D eigenvalue weighted by Gasteiger charge is 2.22. The zero-order valence-electron chi connectivity index (χ0n) is 13.8. The molecule has 3 rings (SSSR count). The molecule has 0 unspecified atom stereocenters. The summed E-state index contributed by atoms with van der Waals surface area (Å²) in [6.07, 6.45) is 4.90. The summed E-state index contributed by atoms with van der Waals surface area (Å²) < 4.78 is 6.01. The standard InChI is InChI=1S/C17H22N2O3S/c1-9-4-6-12(7-5-9)8-22-15-13-10(2)14(17(20)21)23-16(13)19-11(3)18-15/h9,12H,4-8H2,1-3H3,(H,20,21). The molecule has 2 heterocycles. The van der Waals surface area contributed by atoms with E-state index in [-0.39, 0.29) is 0 Å². The molecule has 5 nitrogen and oxygen atoms in total. The van der Waals surface area contributed by atoms with Crippen molar-refractivity contribution in [2.24, 2.45) is 11.8 Å². The van der Waals surface area contributed by atoms with Gasteiger partial charge < -0.3 is 9.84 Å². The third-order valence-electron chi connectivity index (χ3n) is 4.65. The summed E-state index contributed by atoms with van der Waals surface area (Å²) in [5.74, 6) is 1.61. The number of fused-ring (bicyclic) bond motifs is 1. The van der Waals surface area contributed by atoms with E-state index in [4.69, 9.17) is 4.74 Å². The molecule has 1 N–H and O–H groups in total. The van der Waals surface area contributed by atoms with E-state index in [0.717, 1.165) is 11.3 Å². The van der Waals surface area contributed by atoms with Crippen LogP contribution in [0.1, 0.15) is 53.7 Å². The van der Waals surface area contributed by atoms with Crippen molar-refractivity contribution >= 4 is 27.5 Å². The van der Waals surface area contributed by atoms with E-state index in [1.165, 1.54) is 37.0 Å². The first-order valence-electron chi connectivity index (χ1n) is 8.09. The first-order valence-corrected chi connectivity index (χ1v) is 8.91. The van der Waals surface area contributed by atoms with Crippen LogP contribution in [0.3, 0.4) is 0 Å². The van der Waals surface area contributed by atoms with E-state index in [9.17, 15) is 9.90 Å². The normalized spacial score (nSPS) is 21.5. The minimum absolute atomic E-state index is 0.316. The molecule has 1 saturated carbocycles. The number of aromatic carboxylic acids is 1. The molecule has 0 atom stereocenters. The first kappa shape index (κ1) is 16.2. The van der Waals surface area contributed by atoms with Gasteiger partial charge in [0.2, 0.25) is 5.88 Å². The van der Waals surface area contributed by atoms with Crippen molar-refractivity contribution < 1.29 is 14.6 Å². The Hall–Kier alpha value is -1.69. The molecule has 6 heteroatoms. The summed E-state index contributed by atoms with van der Waals surface area (Å²) >= 11 is 1.19. The SMILES string of the molecule is Cc1nc(OCC2CCC(C)CC2)c2c(C)c(C(=O)O)sc2n1. The summed E-state index contributed by atoms with van der Waals surface area (Å²) in [6.45, 7) is 6.56. The molecule has 1 fully saturated rings. The Kier molecular flexibility index (Phi) is 4.53. The van der Waals surface area contributed by atoms with Gasteiger partial charge in [0.05, 0.1) is 12.0 Å². The van der Waals surface area contributed by atoms with Crippen molar-refractivity contribution in [2.45, 2.75) is 46.5 Å². The Balaban J connectivity index is 1.86. The summed E-state index contributed by atoms with van der Waals surface area (Å²) in [4.78, 5) is 21.1. The van der Waals surface area contributed by atoms with E-state index in [1.807, 2.05) is 6.92 Å². The largest absolute Gasteiger partial charge is 0.477 e. The van der Waals surface area contributed by atoms with Crippen LogP contribution in [0.4, 0.5) is 0 Å². The predicted octanol–water partition coefficient (Wildman–Crippen LogP) is 4.21. The Morgan fingerprint density at radius 3 is 2.61 bits per heavy atom. The number of carboxylic acid groups (broad SMARTS) is 1. The van der Waals surface area contributed by atoms with Crippen molar-refractivity contribution in [2.75, 3.05) is 6.61 Å². The van der Waals surface area contributed by atoms with Gasteiger partial charge in [-0.15, -0.1) is 11.3 Å². The number of hydrogen-bond acceptors (Lipinski definition) is 5. The number of rotatable bonds is 4. The van der Waals surface area contributed by atoms with Gasteiger partial charge in [-0.1, -0.05) is 19.8 Å². The van der Waals surface area contributed by atoms with Gasteiger partial charge in [0.15, 0.2) is 0 Å². The smallest absolute Gasteiger partial charge is 0.346 e. The minimum Gasteiger partial charge on any atom is -0.477 e. The molecule has 1 aliphatic rings. The molecule has 0 radical (unpaired) electrons.